The molecule has 27 heavy (non-hydrogen) atoms. The minimum atomic E-state index is -3.76. The van der Waals surface area contributed by atoms with Gasteiger partial charge in [-0.1, -0.05) is 17.7 Å². The van der Waals surface area contributed by atoms with Crippen LogP contribution < -0.4 is 15.4 Å². The maximum Gasteiger partial charge on any atom is 0.307 e. The summed E-state index contributed by atoms with van der Waals surface area (Å²) in [6, 6.07) is 5.80. The van der Waals surface area contributed by atoms with Gasteiger partial charge in [-0.25, -0.2) is 13.1 Å². The summed E-state index contributed by atoms with van der Waals surface area (Å²) in [5.74, 6) is -0.0786. The predicted molar refractivity (Wildman–Crippen MR) is 99.6 cm³/mol. The van der Waals surface area contributed by atoms with Crippen molar-refractivity contribution in [3.05, 3.63) is 35.1 Å². The molecule has 0 radical (unpaired) electrons. The van der Waals surface area contributed by atoms with Crippen molar-refractivity contribution in [3.8, 4) is 0 Å². The van der Waals surface area contributed by atoms with Gasteiger partial charge in [0.1, 0.15) is 0 Å². The number of nitrogens with one attached hydrogen (secondary N) is 1. The number of carbonyl (C=O) groups is 1. The van der Waals surface area contributed by atoms with Crippen molar-refractivity contribution >= 4 is 39.5 Å². The molecule has 0 bridgehead atoms. The van der Waals surface area contributed by atoms with Crippen LogP contribution in [0, 0.1) is 0 Å². The van der Waals surface area contributed by atoms with Crippen LogP contribution >= 0.6 is 11.6 Å². The van der Waals surface area contributed by atoms with Gasteiger partial charge in [0.25, 0.3) is 0 Å². The SMILES string of the molecule is CN(C)c1nc(N)nc(COC(=O)CCNS(=O)(=O)c2cccc(Cl)c2)n1. The second-order valence-electron chi connectivity index (χ2n) is 5.57. The van der Waals surface area contributed by atoms with E-state index in [4.69, 9.17) is 22.1 Å². The maximum atomic E-state index is 12.1. The van der Waals surface area contributed by atoms with Crippen molar-refractivity contribution in [2.45, 2.75) is 17.9 Å². The second-order valence-corrected chi connectivity index (χ2v) is 7.77. The Hall–Kier alpha value is -2.50. The Kier molecular flexibility index (Phi) is 6.88. The van der Waals surface area contributed by atoms with E-state index in [1.165, 1.54) is 18.2 Å². The molecule has 10 nitrogen and oxygen atoms in total. The van der Waals surface area contributed by atoms with Gasteiger partial charge in [0.2, 0.25) is 21.9 Å². The zero-order valence-electron chi connectivity index (χ0n) is 14.7. The molecule has 2 rings (SSSR count). The van der Waals surface area contributed by atoms with Crippen molar-refractivity contribution in [2.75, 3.05) is 31.3 Å². The fourth-order valence-electron chi connectivity index (χ4n) is 1.91. The standard InChI is InChI=1S/C15H19ClN6O4S/c1-22(2)15-20-12(19-14(17)21-15)9-26-13(23)6-7-18-27(24,25)11-5-3-4-10(16)8-11/h3-5,8,18H,6-7,9H2,1-2H3,(H2,17,19,20,21). The number of halogens is 1. The van der Waals surface area contributed by atoms with Crippen molar-refractivity contribution < 1.29 is 17.9 Å². The van der Waals surface area contributed by atoms with Crippen LogP contribution in [-0.4, -0.2) is 50.0 Å². The number of nitrogens with two attached hydrogens (primary N) is 1. The van der Waals surface area contributed by atoms with Crippen LogP contribution in [0.4, 0.5) is 11.9 Å². The van der Waals surface area contributed by atoms with E-state index in [9.17, 15) is 13.2 Å². The van der Waals surface area contributed by atoms with Crippen LogP contribution in [0.2, 0.25) is 5.02 Å². The number of carbonyl (C=O) groups excluding carboxylic acids is 1. The first kappa shape index (κ1) is 20.8. The highest BCUT2D eigenvalue weighted by molar-refractivity contribution is 7.89. The fourth-order valence-corrected chi connectivity index (χ4v) is 3.24. The van der Waals surface area contributed by atoms with Gasteiger partial charge >= 0.3 is 5.97 Å². The molecule has 146 valence electrons. The second kappa shape index (κ2) is 8.93. The first-order valence-electron chi connectivity index (χ1n) is 7.76. The number of sulfonamides is 1. The number of benzene rings is 1. The molecule has 0 aliphatic rings. The van der Waals surface area contributed by atoms with Gasteiger partial charge in [-0.3, -0.25) is 4.79 Å². The van der Waals surface area contributed by atoms with Crippen LogP contribution in [0.25, 0.3) is 0 Å². The number of hydrogen-bond acceptors (Lipinski definition) is 9. The minimum absolute atomic E-state index is 0.00836. The molecule has 2 aromatic rings. The number of hydrogen-bond donors (Lipinski definition) is 2. The molecule has 0 amide bonds. The largest absolute Gasteiger partial charge is 0.457 e. The lowest BCUT2D eigenvalue weighted by Gasteiger charge is -2.11. The molecule has 12 heteroatoms. The monoisotopic (exact) mass is 414 g/mol. The third-order valence-electron chi connectivity index (χ3n) is 3.18. The summed E-state index contributed by atoms with van der Waals surface area (Å²) >= 11 is 5.78. The highest BCUT2D eigenvalue weighted by Crippen LogP contribution is 2.15. The van der Waals surface area contributed by atoms with Crippen LogP contribution in [0.1, 0.15) is 12.2 Å². The topological polar surface area (TPSA) is 140 Å². The van der Waals surface area contributed by atoms with Gasteiger partial charge in [0, 0.05) is 25.7 Å². The van der Waals surface area contributed by atoms with Crippen LogP contribution in [-0.2, 0) is 26.2 Å². The smallest absolute Gasteiger partial charge is 0.307 e. The lowest BCUT2D eigenvalue weighted by Crippen LogP contribution is -2.26. The highest BCUT2D eigenvalue weighted by atomic mass is 35.5. The number of anilines is 2. The van der Waals surface area contributed by atoms with Gasteiger partial charge < -0.3 is 15.4 Å². The third kappa shape index (κ3) is 6.31. The van der Waals surface area contributed by atoms with Crippen LogP contribution in [0.5, 0.6) is 0 Å². The molecular formula is C15H19ClN6O4S. The lowest BCUT2D eigenvalue weighted by atomic mass is 10.4. The maximum absolute atomic E-state index is 12.1. The molecule has 0 atom stereocenters. The first-order chi connectivity index (χ1) is 12.7. The molecule has 1 aromatic heterocycles. The Bertz CT molecular complexity index is 922. The van der Waals surface area contributed by atoms with Crippen molar-refractivity contribution in [2.24, 2.45) is 0 Å². The van der Waals surface area contributed by atoms with Crippen LogP contribution in [0.3, 0.4) is 0 Å². The molecule has 0 spiro atoms. The Labute approximate surface area is 161 Å². The minimum Gasteiger partial charge on any atom is -0.457 e. The number of ether oxygens (including phenoxy) is 1. The predicted octanol–water partition coefficient (Wildman–Crippen LogP) is 0.585. The summed E-state index contributed by atoms with van der Waals surface area (Å²) in [4.78, 5) is 25.4. The summed E-state index contributed by atoms with van der Waals surface area (Å²) in [6.45, 7) is -0.330. The Morgan fingerprint density at radius 1 is 1.30 bits per heavy atom. The average Bonchev–Trinajstić information content (AvgIpc) is 2.59. The molecule has 0 saturated carbocycles. The number of esters is 1. The molecular weight excluding hydrogens is 396 g/mol. The summed E-state index contributed by atoms with van der Waals surface area (Å²) in [7, 11) is -0.298. The molecule has 1 aromatic carbocycles. The highest BCUT2D eigenvalue weighted by Gasteiger charge is 2.15. The summed E-state index contributed by atoms with van der Waals surface area (Å²) in [6.07, 6.45) is -0.166. The van der Waals surface area contributed by atoms with Crippen molar-refractivity contribution in [3.63, 3.8) is 0 Å². The van der Waals surface area contributed by atoms with E-state index >= 15 is 0 Å². The van der Waals surface area contributed by atoms with Gasteiger partial charge in [-0.15, -0.1) is 0 Å². The zero-order chi connectivity index (χ0) is 20.0. The summed E-state index contributed by atoms with van der Waals surface area (Å²) in [5.41, 5.74) is 5.58. The van der Waals surface area contributed by atoms with Gasteiger partial charge in [0.05, 0.1) is 11.3 Å². The molecule has 1 heterocycles. The van der Waals surface area contributed by atoms with E-state index in [0.29, 0.717) is 11.0 Å². The quantitative estimate of drug-likeness (QED) is 0.593. The summed E-state index contributed by atoms with van der Waals surface area (Å²) in [5, 5.41) is 0.297. The molecule has 3 N–H and O–H groups in total. The average molecular weight is 415 g/mol. The van der Waals surface area contributed by atoms with E-state index in [0.717, 1.165) is 0 Å². The van der Waals surface area contributed by atoms with Gasteiger partial charge in [-0.05, 0) is 18.2 Å². The molecule has 0 aliphatic carbocycles. The first-order valence-corrected chi connectivity index (χ1v) is 9.62. The molecule has 0 fully saturated rings. The molecule has 0 unspecified atom stereocenters. The Balaban J connectivity index is 1.85. The van der Waals surface area contributed by atoms with Gasteiger partial charge in [0.15, 0.2) is 12.4 Å². The fraction of sp³-hybridized carbons (Fsp3) is 0.333. The van der Waals surface area contributed by atoms with Crippen LogP contribution in [0.15, 0.2) is 29.2 Å². The van der Waals surface area contributed by atoms with E-state index < -0.39 is 16.0 Å². The zero-order valence-corrected chi connectivity index (χ0v) is 16.3. The van der Waals surface area contributed by atoms with Gasteiger partial charge in [-0.2, -0.15) is 15.0 Å². The van der Waals surface area contributed by atoms with E-state index in [2.05, 4.69) is 19.7 Å². The van der Waals surface area contributed by atoms with E-state index in [1.807, 2.05) is 0 Å². The van der Waals surface area contributed by atoms with Crippen molar-refractivity contribution in [1.29, 1.82) is 0 Å². The Morgan fingerprint density at radius 3 is 2.70 bits per heavy atom. The van der Waals surface area contributed by atoms with E-state index in [1.54, 1.807) is 25.1 Å². The number of aromatic nitrogens is 3. The Morgan fingerprint density at radius 2 is 2.04 bits per heavy atom. The third-order valence-corrected chi connectivity index (χ3v) is 4.87. The number of nitrogens with zero attached hydrogens (tertiary/aromatic N) is 4. The molecule has 0 aliphatic heterocycles. The van der Waals surface area contributed by atoms with E-state index in [-0.39, 0.29) is 36.2 Å². The number of rotatable bonds is 8. The lowest BCUT2D eigenvalue weighted by molar-refractivity contribution is -0.145. The normalized spacial score (nSPS) is 11.2. The number of nitrogen functional groups attached to an aromatic ring is 1. The van der Waals surface area contributed by atoms with Crippen molar-refractivity contribution in [1.82, 2.24) is 19.7 Å². The summed E-state index contributed by atoms with van der Waals surface area (Å²) < 4.78 is 31.6. The molecule has 0 saturated heterocycles.